The molecule has 0 bridgehead atoms. The summed E-state index contributed by atoms with van der Waals surface area (Å²) in [6.45, 7) is 0. The predicted octanol–water partition coefficient (Wildman–Crippen LogP) is 2.31. The molecule has 2 rings (SSSR count). The number of hydrogen-bond donors (Lipinski definition) is 1. The Morgan fingerprint density at radius 1 is 1.36 bits per heavy atom. The Kier molecular flexibility index (Phi) is 6.87. The first kappa shape index (κ1) is 19.3. The van der Waals surface area contributed by atoms with Crippen molar-refractivity contribution in [2.45, 2.75) is 50.0 Å². The minimum Gasteiger partial charge on any atom is -0.469 e. The Labute approximate surface area is 153 Å². The average molecular weight is 364 g/mol. The van der Waals surface area contributed by atoms with Crippen LogP contribution in [0.2, 0.25) is 0 Å². The molecule has 7 heteroatoms. The van der Waals surface area contributed by atoms with Crippen LogP contribution in [0.5, 0.6) is 0 Å². The van der Waals surface area contributed by atoms with Gasteiger partial charge in [0.15, 0.2) is 0 Å². The summed E-state index contributed by atoms with van der Waals surface area (Å²) in [5.74, 6) is -0.839. The lowest BCUT2D eigenvalue weighted by Crippen LogP contribution is -2.53. The molecular weight excluding hydrogens is 340 g/mol. The van der Waals surface area contributed by atoms with E-state index in [-0.39, 0.29) is 18.9 Å². The van der Waals surface area contributed by atoms with E-state index < -0.39 is 17.4 Å². The molecule has 25 heavy (non-hydrogen) atoms. The molecule has 1 aliphatic carbocycles. The van der Waals surface area contributed by atoms with Crippen molar-refractivity contribution < 1.29 is 19.1 Å². The second-order valence-electron chi connectivity index (χ2n) is 6.09. The lowest BCUT2D eigenvalue weighted by Gasteiger charge is -2.43. The molecule has 1 aliphatic rings. The molecule has 1 heterocycles. The predicted molar refractivity (Wildman–Crippen MR) is 97.2 cm³/mol. The minimum absolute atomic E-state index is 0.00138. The van der Waals surface area contributed by atoms with E-state index in [0.29, 0.717) is 4.99 Å². The lowest BCUT2D eigenvalue weighted by atomic mass is 9.67. The largest absolute Gasteiger partial charge is 0.469 e. The zero-order chi connectivity index (χ0) is 18.3. The van der Waals surface area contributed by atoms with Gasteiger partial charge in [-0.3, -0.25) is 14.6 Å². The molecule has 0 amide bonds. The van der Waals surface area contributed by atoms with Gasteiger partial charge in [0.25, 0.3) is 0 Å². The highest BCUT2D eigenvalue weighted by atomic mass is 32.1. The molecule has 6 nitrogen and oxygen atoms in total. The summed E-state index contributed by atoms with van der Waals surface area (Å²) < 4.78 is 10.3. The summed E-state index contributed by atoms with van der Waals surface area (Å²) in [6.07, 6.45) is 6.58. The monoisotopic (exact) mass is 364 g/mol. The summed E-state index contributed by atoms with van der Waals surface area (Å²) in [5.41, 5.74) is 0.358. The molecule has 1 fully saturated rings. The first-order chi connectivity index (χ1) is 12.0. The Morgan fingerprint density at radius 3 is 2.76 bits per heavy atom. The molecule has 2 atom stereocenters. The van der Waals surface area contributed by atoms with Gasteiger partial charge in [-0.15, -0.1) is 0 Å². The van der Waals surface area contributed by atoms with Gasteiger partial charge < -0.3 is 14.8 Å². The highest BCUT2D eigenvalue weighted by Gasteiger charge is 2.48. The lowest BCUT2D eigenvalue weighted by molar-refractivity contribution is -0.156. The number of carbonyl (C=O) groups is 2. The summed E-state index contributed by atoms with van der Waals surface area (Å²) in [6, 6.07) is 3.83. The zero-order valence-corrected chi connectivity index (χ0v) is 15.4. The molecule has 0 saturated heterocycles. The summed E-state index contributed by atoms with van der Waals surface area (Å²) in [5, 5.41) is 3.07. The molecule has 136 valence electrons. The second-order valence-corrected chi connectivity index (χ2v) is 6.50. The van der Waals surface area contributed by atoms with Crippen LogP contribution in [-0.2, 0) is 24.5 Å². The van der Waals surface area contributed by atoms with Gasteiger partial charge in [0, 0.05) is 19.4 Å². The maximum Gasteiger partial charge on any atom is 0.306 e. The van der Waals surface area contributed by atoms with E-state index in [1.807, 2.05) is 12.1 Å². The van der Waals surface area contributed by atoms with Gasteiger partial charge in [-0.25, -0.2) is 0 Å². The van der Waals surface area contributed by atoms with Crippen molar-refractivity contribution in [1.29, 1.82) is 0 Å². The number of esters is 2. The Balaban J connectivity index is 2.25. The number of thiocarbonyl (C=S) groups is 1. The van der Waals surface area contributed by atoms with Gasteiger partial charge in [0.1, 0.15) is 6.10 Å². The first-order valence-corrected chi connectivity index (χ1v) is 8.84. The highest BCUT2D eigenvalue weighted by Crippen LogP contribution is 2.42. The Hall–Kier alpha value is -2.02. The molecule has 0 unspecified atom stereocenters. The fraction of sp³-hybridized carbons (Fsp3) is 0.556. The number of nitrogens with one attached hydrogen (secondary N) is 1. The van der Waals surface area contributed by atoms with E-state index in [4.69, 9.17) is 17.0 Å². The standard InChI is InChI=1S/C18H24N2O4S/c1-19-17(25)18(13-6-5-11-20-12-13)10-4-3-7-14(18)24-16(22)9-8-15(21)23-2/h5-6,11-12,14H,3-4,7-10H2,1-2H3,(H,19,25)/t14-,18+/m1/s1. The summed E-state index contributed by atoms with van der Waals surface area (Å²) in [4.78, 5) is 28.4. The van der Waals surface area contributed by atoms with Crippen LogP contribution < -0.4 is 5.32 Å². The number of carbonyl (C=O) groups excluding carboxylic acids is 2. The van der Waals surface area contributed by atoms with Crippen molar-refractivity contribution in [2.24, 2.45) is 0 Å². The van der Waals surface area contributed by atoms with E-state index in [9.17, 15) is 9.59 Å². The number of methoxy groups -OCH3 is 1. The molecule has 1 saturated carbocycles. The smallest absolute Gasteiger partial charge is 0.306 e. The Morgan fingerprint density at radius 2 is 2.12 bits per heavy atom. The number of pyridine rings is 1. The van der Waals surface area contributed by atoms with Crippen LogP contribution in [0.3, 0.4) is 0 Å². The molecule has 1 N–H and O–H groups in total. The number of nitrogens with zero attached hydrogens (tertiary/aromatic N) is 1. The molecule has 0 radical (unpaired) electrons. The van der Waals surface area contributed by atoms with Crippen LogP contribution in [0.15, 0.2) is 24.5 Å². The fourth-order valence-electron chi connectivity index (χ4n) is 3.40. The zero-order valence-electron chi connectivity index (χ0n) is 14.6. The minimum atomic E-state index is -0.586. The molecule has 0 spiro atoms. The SMILES string of the molecule is CNC(=S)[C@]1(c2cccnc2)CCCC[C@H]1OC(=O)CCC(=O)OC. The second kappa shape index (κ2) is 8.89. The van der Waals surface area contributed by atoms with Crippen molar-refractivity contribution in [2.75, 3.05) is 14.2 Å². The molecule has 0 aliphatic heterocycles. The van der Waals surface area contributed by atoms with Crippen molar-refractivity contribution >= 4 is 29.1 Å². The topological polar surface area (TPSA) is 77.5 Å². The van der Waals surface area contributed by atoms with Gasteiger partial charge in [0.05, 0.1) is 30.4 Å². The third kappa shape index (κ3) is 4.34. The molecule has 0 aromatic carbocycles. The quantitative estimate of drug-likeness (QED) is 0.613. The number of likely N-dealkylation sites (N-methyl/N-ethyl adjacent to an activating group) is 1. The van der Waals surface area contributed by atoms with Gasteiger partial charge in [0.2, 0.25) is 0 Å². The van der Waals surface area contributed by atoms with Gasteiger partial charge in [-0.1, -0.05) is 24.7 Å². The summed E-state index contributed by atoms with van der Waals surface area (Å²) >= 11 is 5.62. The number of rotatable bonds is 6. The fourth-order valence-corrected chi connectivity index (χ4v) is 3.75. The number of aromatic nitrogens is 1. The van der Waals surface area contributed by atoms with Gasteiger partial charge in [-0.05, 0) is 30.9 Å². The van der Waals surface area contributed by atoms with Crippen LogP contribution in [0.25, 0.3) is 0 Å². The van der Waals surface area contributed by atoms with Crippen molar-refractivity contribution in [3.63, 3.8) is 0 Å². The van der Waals surface area contributed by atoms with Crippen LogP contribution in [0.1, 0.15) is 44.1 Å². The number of ether oxygens (including phenoxy) is 2. The van der Waals surface area contributed by atoms with Gasteiger partial charge in [-0.2, -0.15) is 0 Å². The third-order valence-electron chi connectivity index (χ3n) is 4.68. The van der Waals surface area contributed by atoms with E-state index in [2.05, 4.69) is 15.0 Å². The molecule has 1 aromatic rings. The first-order valence-electron chi connectivity index (χ1n) is 8.43. The van der Waals surface area contributed by atoms with E-state index >= 15 is 0 Å². The van der Waals surface area contributed by atoms with Crippen molar-refractivity contribution in [3.8, 4) is 0 Å². The van der Waals surface area contributed by atoms with Gasteiger partial charge >= 0.3 is 11.9 Å². The van der Waals surface area contributed by atoms with Crippen LogP contribution in [0, 0.1) is 0 Å². The maximum absolute atomic E-state index is 12.3. The molecular formula is C18H24N2O4S. The van der Waals surface area contributed by atoms with E-state index in [0.717, 1.165) is 31.2 Å². The van der Waals surface area contributed by atoms with E-state index in [1.54, 1.807) is 19.4 Å². The highest BCUT2D eigenvalue weighted by molar-refractivity contribution is 7.80. The average Bonchev–Trinajstić information content (AvgIpc) is 2.66. The van der Waals surface area contributed by atoms with Crippen LogP contribution in [-0.4, -0.2) is 42.2 Å². The normalized spacial score (nSPS) is 22.7. The summed E-state index contributed by atoms with van der Waals surface area (Å²) in [7, 11) is 3.08. The van der Waals surface area contributed by atoms with E-state index in [1.165, 1.54) is 7.11 Å². The number of hydrogen-bond acceptors (Lipinski definition) is 6. The van der Waals surface area contributed by atoms with Crippen molar-refractivity contribution in [3.05, 3.63) is 30.1 Å². The Bertz CT molecular complexity index is 623. The van der Waals surface area contributed by atoms with Crippen LogP contribution in [0.4, 0.5) is 0 Å². The molecule has 1 aromatic heterocycles. The van der Waals surface area contributed by atoms with Crippen molar-refractivity contribution in [1.82, 2.24) is 10.3 Å². The van der Waals surface area contributed by atoms with Crippen LogP contribution >= 0.6 is 12.2 Å². The third-order valence-corrected chi connectivity index (χ3v) is 5.25. The maximum atomic E-state index is 12.3.